The van der Waals surface area contributed by atoms with E-state index in [1.807, 2.05) is 25.6 Å². The maximum absolute atomic E-state index is 12.4. The monoisotopic (exact) mass is 342 g/mol. The number of nitrogens with one attached hydrogen (secondary N) is 1. The summed E-state index contributed by atoms with van der Waals surface area (Å²) < 4.78 is 27.1. The van der Waals surface area contributed by atoms with Gasteiger partial charge < -0.3 is 4.90 Å². The SMILES string of the molecule is Cc1nn(C)c(C)c1CCC(=O)N1CCCC(NS(C)(=O)=O)C1. The third-order valence-electron chi connectivity index (χ3n) is 4.40. The van der Waals surface area contributed by atoms with Crippen molar-refractivity contribution >= 4 is 15.9 Å². The Bertz CT molecular complexity index is 681. The van der Waals surface area contributed by atoms with E-state index in [-0.39, 0.29) is 11.9 Å². The van der Waals surface area contributed by atoms with Gasteiger partial charge in [-0.2, -0.15) is 5.10 Å². The molecule has 8 heteroatoms. The van der Waals surface area contributed by atoms with Crippen molar-refractivity contribution in [2.75, 3.05) is 19.3 Å². The van der Waals surface area contributed by atoms with Gasteiger partial charge in [0.25, 0.3) is 0 Å². The van der Waals surface area contributed by atoms with Crippen LogP contribution >= 0.6 is 0 Å². The van der Waals surface area contributed by atoms with Gasteiger partial charge in [-0.25, -0.2) is 13.1 Å². The van der Waals surface area contributed by atoms with Crippen molar-refractivity contribution in [1.29, 1.82) is 0 Å². The standard InChI is InChI=1S/C15H26N4O3S/c1-11-14(12(2)18(3)16-11)7-8-15(20)19-9-5-6-13(10-19)17-23(4,21)22/h13,17H,5-10H2,1-4H3. The van der Waals surface area contributed by atoms with Crippen molar-refractivity contribution in [2.45, 2.75) is 45.6 Å². The van der Waals surface area contributed by atoms with Crippen molar-refractivity contribution < 1.29 is 13.2 Å². The van der Waals surface area contributed by atoms with Crippen LogP contribution in [0, 0.1) is 13.8 Å². The topological polar surface area (TPSA) is 84.3 Å². The average molecular weight is 342 g/mol. The second kappa shape index (κ2) is 7.00. The van der Waals surface area contributed by atoms with E-state index in [0.717, 1.165) is 36.0 Å². The number of aromatic nitrogens is 2. The number of carbonyl (C=O) groups is 1. The van der Waals surface area contributed by atoms with Crippen LogP contribution in [-0.2, 0) is 28.3 Å². The van der Waals surface area contributed by atoms with Gasteiger partial charge in [-0.15, -0.1) is 0 Å². The molecule has 1 unspecified atom stereocenters. The summed E-state index contributed by atoms with van der Waals surface area (Å²) >= 11 is 0. The third-order valence-corrected chi connectivity index (χ3v) is 5.16. The molecule has 130 valence electrons. The molecule has 2 heterocycles. The van der Waals surface area contributed by atoms with E-state index in [2.05, 4.69) is 9.82 Å². The van der Waals surface area contributed by atoms with Gasteiger partial charge in [-0.05, 0) is 38.7 Å². The lowest BCUT2D eigenvalue weighted by molar-refractivity contribution is -0.132. The molecule has 1 saturated heterocycles. The minimum absolute atomic E-state index is 0.0765. The van der Waals surface area contributed by atoms with E-state index in [4.69, 9.17) is 0 Å². The van der Waals surface area contributed by atoms with Gasteiger partial charge in [0.15, 0.2) is 0 Å². The van der Waals surface area contributed by atoms with Crippen molar-refractivity contribution in [1.82, 2.24) is 19.4 Å². The Balaban J connectivity index is 1.92. The van der Waals surface area contributed by atoms with E-state index in [0.29, 0.717) is 25.9 Å². The zero-order valence-corrected chi connectivity index (χ0v) is 15.1. The van der Waals surface area contributed by atoms with Crippen molar-refractivity contribution in [3.63, 3.8) is 0 Å². The fourth-order valence-corrected chi connectivity index (χ4v) is 3.97. The Morgan fingerprint density at radius 2 is 2.09 bits per heavy atom. The van der Waals surface area contributed by atoms with Crippen LogP contribution in [0.25, 0.3) is 0 Å². The fraction of sp³-hybridized carbons (Fsp3) is 0.733. The van der Waals surface area contributed by atoms with Crippen LogP contribution in [0.3, 0.4) is 0 Å². The second-order valence-electron chi connectivity index (χ2n) is 6.34. The Hall–Kier alpha value is -1.41. The molecule has 1 N–H and O–H groups in total. The maximum atomic E-state index is 12.4. The molecule has 7 nitrogen and oxygen atoms in total. The first-order chi connectivity index (χ1) is 10.7. The molecular formula is C15H26N4O3S. The van der Waals surface area contributed by atoms with E-state index in [1.54, 1.807) is 4.90 Å². The van der Waals surface area contributed by atoms with Gasteiger partial charge in [0.05, 0.1) is 11.9 Å². The number of piperidine rings is 1. The first-order valence-corrected chi connectivity index (χ1v) is 9.80. The zero-order valence-electron chi connectivity index (χ0n) is 14.3. The van der Waals surface area contributed by atoms with Gasteiger partial charge in [-0.3, -0.25) is 9.48 Å². The van der Waals surface area contributed by atoms with Crippen LogP contribution in [0.1, 0.15) is 36.2 Å². The van der Waals surface area contributed by atoms with E-state index in [1.165, 1.54) is 0 Å². The lowest BCUT2D eigenvalue weighted by Crippen LogP contribution is -2.49. The number of carbonyl (C=O) groups excluding carboxylic acids is 1. The summed E-state index contributed by atoms with van der Waals surface area (Å²) in [6.07, 6.45) is 3.85. The molecule has 0 aromatic carbocycles. The van der Waals surface area contributed by atoms with Crippen LogP contribution in [0.5, 0.6) is 0 Å². The molecule has 1 atom stereocenters. The Morgan fingerprint density at radius 1 is 1.39 bits per heavy atom. The molecule has 1 aromatic heterocycles. The molecule has 1 aromatic rings. The van der Waals surface area contributed by atoms with Crippen molar-refractivity contribution in [3.8, 4) is 0 Å². The molecule has 0 saturated carbocycles. The zero-order chi connectivity index (χ0) is 17.2. The Labute approximate surface area is 138 Å². The predicted octanol–water partition coefficient (Wildman–Crippen LogP) is 0.510. The molecule has 0 spiro atoms. The van der Waals surface area contributed by atoms with Crippen LogP contribution in [0.15, 0.2) is 0 Å². The Morgan fingerprint density at radius 3 is 2.65 bits per heavy atom. The Kier molecular flexibility index (Phi) is 5.46. The number of amides is 1. The van der Waals surface area contributed by atoms with Crippen molar-refractivity contribution in [2.24, 2.45) is 7.05 Å². The lowest BCUT2D eigenvalue weighted by atomic mass is 10.0. The highest BCUT2D eigenvalue weighted by molar-refractivity contribution is 7.88. The first-order valence-electron chi connectivity index (χ1n) is 7.91. The number of hydrogen-bond acceptors (Lipinski definition) is 4. The molecule has 1 aliphatic rings. The fourth-order valence-electron chi connectivity index (χ4n) is 3.17. The van der Waals surface area contributed by atoms with Gasteiger partial charge in [0.2, 0.25) is 15.9 Å². The lowest BCUT2D eigenvalue weighted by Gasteiger charge is -2.32. The molecule has 0 radical (unpaired) electrons. The first kappa shape index (κ1) is 17.9. The summed E-state index contributed by atoms with van der Waals surface area (Å²) in [7, 11) is -1.33. The highest BCUT2D eigenvalue weighted by Gasteiger charge is 2.25. The predicted molar refractivity (Wildman–Crippen MR) is 88.6 cm³/mol. The molecule has 0 bridgehead atoms. The minimum Gasteiger partial charge on any atom is -0.341 e. The number of sulfonamides is 1. The molecule has 2 rings (SSSR count). The number of hydrogen-bond donors (Lipinski definition) is 1. The number of rotatable bonds is 5. The summed E-state index contributed by atoms with van der Waals surface area (Å²) in [4.78, 5) is 14.2. The molecule has 23 heavy (non-hydrogen) atoms. The quantitative estimate of drug-likeness (QED) is 0.845. The minimum atomic E-state index is -3.24. The molecule has 0 aliphatic carbocycles. The normalized spacial score (nSPS) is 19.1. The smallest absolute Gasteiger partial charge is 0.222 e. The second-order valence-corrected chi connectivity index (χ2v) is 8.12. The molecular weight excluding hydrogens is 316 g/mol. The van der Waals surface area contributed by atoms with Gasteiger partial charge in [0, 0.05) is 38.3 Å². The van der Waals surface area contributed by atoms with E-state index < -0.39 is 10.0 Å². The van der Waals surface area contributed by atoms with E-state index >= 15 is 0 Å². The van der Waals surface area contributed by atoms with Crippen LogP contribution in [0.2, 0.25) is 0 Å². The number of aryl methyl sites for hydroxylation is 2. The van der Waals surface area contributed by atoms with Crippen LogP contribution in [-0.4, -0.2) is 54.4 Å². The molecule has 1 aliphatic heterocycles. The number of nitrogens with zero attached hydrogens (tertiary/aromatic N) is 3. The third kappa shape index (κ3) is 4.78. The van der Waals surface area contributed by atoms with Gasteiger partial charge in [-0.1, -0.05) is 0 Å². The maximum Gasteiger partial charge on any atom is 0.222 e. The van der Waals surface area contributed by atoms with Crippen LogP contribution < -0.4 is 4.72 Å². The van der Waals surface area contributed by atoms with Gasteiger partial charge >= 0.3 is 0 Å². The number of likely N-dealkylation sites (tertiary alicyclic amines) is 1. The molecule has 1 fully saturated rings. The van der Waals surface area contributed by atoms with E-state index in [9.17, 15) is 13.2 Å². The summed E-state index contributed by atoms with van der Waals surface area (Å²) in [6, 6.07) is -0.176. The summed E-state index contributed by atoms with van der Waals surface area (Å²) in [5, 5.41) is 4.37. The largest absolute Gasteiger partial charge is 0.341 e. The molecule has 1 amide bonds. The highest BCUT2D eigenvalue weighted by Crippen LogP contribution is 2.17. The van der Waals surface area contributed by atoms with Crippen molar-refractivity contribution in [3.05, 3.63) is 17.0 Å². The van der Waals surface area contributed by atoms with Gasteiger partial charge in [0.1, 0.15) is 0 Å². The summed E-state index contributed by atoms with van der Waals surface area (Å²) in [5.74, 6) is 0.0765. The van der Waals surface area contributed by atoms with Crippen LogP contribution in [0.4, 0.5) is 0 Å². The average Bonchev–Trinajstić information content (AvgIpc) is 2.68. The highest BCUT2D eigenvalue weighted by atomic mass is 32.2. The summed E-state index contributed by atoms with van der Waals surface area (Å²) in [5.41, 5.74) is 3.18. The summed E-state index contributed by atoms with van der Waals surface area (Å²) in [6.45, 7) is 5.12.